The molecule has 0 amide bonds. The zero-order chi connectivity index (χ0) is 11.6. The predicted molar refractivity (Wildman–Crippen MR) is 51.8 cm³/mol. The van der Waals surface area contributed by atoms with Gasteiger partial charge in [0.1, 0.15) is 11.9 Å². The molecule has 1 rings (SSSR count). The average Bonchev–Trinajstić information content (AvgIpc) is 2.10. The number of hydrogen-bond donors (Lipinski definition) is 1. The van der Waals surface area contributed by atoms with Gasteiger partial charge in [-0.25, -0.2) is 4.39 Å². The maximum atomic E-state index is 13.0. The summed E-state index contributed by atoms with van der Waals surface area (Å²) >= 11 is 2.91. The molecule has 1 aromatic carbocycles. The van der Waals surface area contributed by atoms with Gasteiger partial charge in [0.25, 0.3) is 0 Å². The lowest BCUT2D eigenvalue weighted by Gasteiger charge is -2.15. The summed E-state index contributed by atoms with van der Waals surface area (Å²) in [6.07, 6.45) is -4.88. The Labute approximate surface area is 92.4 Å². The molecule has 0 aliphatic carbocycles. The number of rotatable bonds is 2. The summed E-state index contributed by atoms with van der Waals surface area (Å²) in [5.74, 6) is -0.595. The van der Waals surface area contributed by atoms with Crippen molar-refractivity contribution in [2.45, 2.75) is 18.6 Å². The second kappa shape index (κ2) is 4.49. The summed E-state index contributed by atoms with van der Waals surface area (Å²) in [7, 11) is 0. The third-order valence-electron chi connectivity index (χ3n) is 1.86. The average molecular weight is 286 g/mol. The van der Waals surface area contributed by atoms with Crippen molar-refractivity contribution in [1.29, 1.82) is 0 Å². The van der Waals surface area contributed by atoms with Crippen LogP contribution >= 0.6 is 15.9 Å². The van der Waals surface area contributed by atoms with Gasteiger partial charge in [-0.1, -0.05) is 6.07 Å². The standard InChI is InChI=1S/C9H8BrF4N/c10-6-2-1-5(3-7(6)11)4-8(15)9(12,13)14/h1-3,8H,4,15H2. The molecule has 0 bridgehead atoms. The molecule has 15 heavy (non-hydrogen) atoms. The van der Waals surface area contributed by atoms with Gasteiger partial charge in [-0.05, 0) is 40.0 Å². The summed E-state index contributed by atoms with van der Waals surface area (Å²) in [5.41, 5.74) is 5.13. The van der Waals surface area contributed by atoms with Crippen LogP contribution in [0.1, 0.15) is 5.56 Å². The van der Waals surface area contributed by atoms with Gasteiger partial charge in [-0.3, -0.25) is 0 Å². The maximum Gasteiger partial charge on any atom is 0.403 e. The number of benzene rings is 1. The van der Waals surface area contributed by atoms with Gasteiger partial charge < -0.3 is 5.73 Å². The molecule has 0 aliphatic heterocycles. The molecule has 2 N–H and O–H groups in total. The molecule has 0 heterocycles. The Hall–Kier alpha value is -0.620. The van der Waals surface area contributed by atoms with Crippen LogP contribution in [0.2, 0.25) is 0 Å². The fourth-order valence-electron chi connectivity index (χ4n) is 1.04. The van der Waals surface area contributed by atoms with Crippen LogP contribution in [-0.4, -0.2) is 12.2 Å². The quantitative estimate of drug-likeness (QED) is 0.831. The SMILES string of the molecule is NC(Cc1ccc(Br)c(F)c1)C(F)(F)F. The largest absolute Gasteiger partial charge is 0.403 e. The molecule has 0 aromatic heterocycles. The number of halogens is 5. The summed E-state index contributed by atoms with van der Waals surface area (Å²) in [6.45, 7) is 0. The lowest BCUT2D eigenvalue weighted by Crippen LogP contribution is -2.39. The molecule has 0 radical (unpaired) electrons. The smallest absolute Gasteiger partial charge is 0.320 e. The van der Waals surface area contributed by atoms with Crippen molar-refractivity contribution >= 4 is 15.9 Å². The minimum atomic E-state index is -4.45. The highest BCUT2D eigenvalue weighted by Gasteiger charge is 2.36. The van der Waals surface area contributed by atoms with E-state index in [2.05, 4.69) is 15.9 Å². The molecule has 0 spiro atoms. The van der Waals surface area contributed by atoms with Crippen LogP contribution in [0.3, 0.4) is 0 Å². The van der Waals surface area contributed by atoms with Gasteiger partial charge in [-0.15, -0.1) is 0 Å². The van der Waals surface area contributed by atoms with Crippen molar-refractivity contribution in [2.24, 2.45) is 5.73 Å². The number of alkyl halides is 3. The molecule has 1 aromatic rings. The van der Waals surface area contributed by atoms with Gasteiger partial charge in [0.15, 0.2) is 0 Å². The molecule has 0 fully saturated rings. The molecule has 0 saturated heterocycles. The predicted octanol–water partition coefficient (Wildman–Crippen LogP) is 3.02. The zero-order valence-corrected chi connectivity index (χ0v) is 9.07. The van der Waals surface area contributed by atoms with Crippen LogP contribution in [0.15, 0.2) is 22.7 Å². The van der Waals surface area contributed by atoms with Crippen molar-refractivity contribution < 1.29 is 17.6 Å². The Morgan fingerprint density at radius 3 is 2.40 bits per heavy atom. The Bertz CT molecular complexity index is 350. The fraction of sp³-hybridized carbons (Fsp3) is 0.333. The maximum absolute atomic E-state index is 13.0. The monoisotopic (exact) mass is 285 g/mol. The van der Waals surface area contributed by atoms with Gasteiger partial charge in [0.2, 0.25) is 0 Å². The van der Waals surface area contributed by atoms with Crippen molar-refractivity contribution in [3.05, 3.63) is 34.1 Å². The summed E-state index contributed by atoms with van der Waals surface area (Å²) in [5, 5.41) is 0. The van der Waals surface area contributed by atoms with E-state index < -0.39 is 24.5 Å². The Morgan fingerprint density at radius 1 is 1.33 bits per heavy atom. The highest BCUT2D eigenvalue weighted by Crippen LogP contribution is 2.23. The zero-order valence-electron chi connectivity index (χ0n) is 7.48. The third-order valence-corrected chi connectivity index (χ3v) is 2.50. The van der Waals surface area contributed by atoms with Crippen LogP contribution in [0.5, 0.6) is 0 Å². The van der Waals surface area contributed by atoms with Crippen molar-refractivity contribution in [3.63, 3.8) is 0 Å². The minimum Gasteiger partial charge on any atom is -0.320 e. The molecule has 1 unspecified atom stereocenters. The first kappa shape index (κ1) is 12.4. The Balaban J connectivity index is 2.78. The molecule has 1 atom stereocenters. The van der Waals surface area contributed by atoms with Gasteiger partial charge in [0, 0.05) is 0 Å². The van der Waals surface area contributed by atoms with Gasteiger partial charge >= 0.3 is 6.18 Å². The van der Waals surface area contributed by atoms with E-state index >= 15 is 0 Å². The Morgan fingerprint density at radius 2 is 1.93 bits per heavy atom. The van der Waals surface area contributed by atoms with Crippen LogP contribution < -0.4 is 5.73 Å². The second-order valence-corrected chi connectivity index (χ2v) is 3.96. The fourth-order valence-corrected chi connectivity index (χ4v) is 1.28. The van der Waals surface area contributed by atoms with E-state index in [-0.39, 0.29) is 10.0 Å². The first-order chi connectivity index (χ1) is 6.80. The lowest BCUT2D eigenvalue weighted by atomic mass is 10.1. The first-order valence-electron chi connectivity index (χ1n) is 4.07. The second-order valence-electron chi connectivity index (χ2n) is 3.10. The number of hydrogen-bond acceptors (Lipinski definition) is 1. The van der Waals surface area contributed by atoms with E-state index in [0.29, 0.717) is 0 Å². The molecule has 84 valence electrons. The first-order valence-corrected chi connectivity index (χ1v) is 4.86. The van der Waals surface area contributed by atoms with E-state index in [1.165, 1.54) is 12.1 Å². The van der Waals surface area contributed by atoms with E-state index in [0.717, 1.165) is 6.07 Å². The minimum absolute atomic E-state index is 0.215. The van der Waals surface area contributed by atoms with Gasteiger partial charge in [0.05, 0.1) is 4.47 Å². The summed E-state index contributed by atoms with van der Waals surface area (Å²) in [6, 6.07) is 1.83. The van der Waals surface area contributed by atoms with E-state index in [9.17, 15) is 17.6 Å². The van der Waals surface area contributed by atoms with Gasteiger partial charge in [-0.2, -0.15) is 13.2 Å². The topological polar surface area (TPSA) is 26.0 Å². The highest BCUT2D eigenvalue weighted by atomic mass is 79.9. The molecular formula is C9H8BrF4N. The Kier molecular flexibility index (Phi) is 3.72. The van der Waals surface area contributed by atoms with Crippen LogP contribution in [0.25, 0.3) is 0 Å². The summed E-state index contributed by atoms with van der Waals surface area (Å²) in [4.78, 5) is 0. The molecule has 0 aliphatic rings. The van der Waals surface area contributed by atoms with E-state index in [1.54, 1.807) is 0 Å². The van der Waals surface area contributed by atoms with Crippen molar-refractivity contribution in [2.75, 3.05) is 0 Å². The molecule has 6 heteroatoms. The molecule has 0 saturated carbocycles. The van der Waals surface area contributed by atoms with Crippen LogP contribution in [0.4, 0.5) is 17.6 Å². The lowest BCUT2D eigenvalue weighted by molar-refractivity contribution is -0.147. The van der Waals surface area contributed by atoms with Crippen LogP contribution in [0, 0.1) is 5.82 Å². The summed E-state index contributed by atoms with van der Waals surface area (Å²) < 4.78 is 49.4. The highest BCUT2D eigenvalue weighted by molar-refractivity contribution is 9.10. The molecule has 1 nitrogen and oxygen atoms in total. The molecular weight excluding hydrogens is 278 g/mol. The number of nitrogens with two attached hydrogens (primary N) is 1. The normalized spacial score (nSPS) is 14.0. The van der Waals surface area contributed by atoms with E-state index in [1.807, 2.05) is 0 Å². The van der Waals surface area contributed by atoms with Crippen LogP contribution in [-0.2, 0) is 6.42 Å². The third kappa shape index (κ3) is 3.46. The van der Waals surface area contributed by atoms with Crippen molar-refractivity contribution in [3.8, 4) is 0 Å². The van der Waals surface area contributed by atoms with Crippen molar-refractivity contribution in [1.82, 2.24) is 0 Å². The van der Waals surface area contributed by atoms with E-state index in [4.69, 9.17) is 5.73 Å².